The highest BCUT2D eigenvalue weighted by Crippen LogP contribution is 2.37. The highest BCUT2D eigenvalue weighted by atomic mass is 16.5. The molecule has 31 heavy (non-hydrogen) atoms. The van der Waals surface area contributed by atoms with Gasteiger partial charge in [0.15, 0.2) is 0 Å². The van der Waals surface area contributed by atoms with E-state index in [0.717, 1.165) is 19.6 Å². The average Bonchev–Trinajstić information content (AvgIpc) is 3.24. The summed E-state index contributed by atoms with van der Waals surface area (Å²) in [5, 5.41) is 18.1. The minimum Gasteiger partial charge on any atom is -0.474 e. The smallest absolute Gasteiger partial charge is 0.213 e. The monoisotopic (exact) mass is 408 g/mol. The number of rotatable bonds is 6. The van der Waals surface area contributed by atoms with E-state index in [0.29, 0.717) is 22.9 Å². The van der Waals surface area contributed by atoms with Gasteiger partial charge in [-0.05, 0) is 36.2 Å². The van der Waals surface area contributed by atoms with Crippen LogP contribution in [0.15, 0.2) is 72.9 Å². The molecule has 3 atom stereocenters. The van der Waals surface area contributed by atoms with Crippen molar-refractivity contribution in [2.75, 3.05) is 13.1 Å². The number of likely N-dealkylation sites (tertiary alicyclic amines) is 1. The number of nitrogens with zero attached hydrogens (tertiary/aromatic N) is 4. The molecule has 2 aromatic carbocycles. The van der Waals surface area contributed by atoms with E-state index in [1.165, 1.54) is 17.3 Å². The lowest BCUT2D eigenvalue weighted by Gasteiger charge is -2.25. The summed E-state index contributed by atoms with van der Waals surface area (Å²) in [6, 6.07) is 26.2. The van der Waals surface area contributed by atoms with Gasteiger partial charge in [-0.25, -0.2) is 4.98 Å². The quantitative estimate of drug-likeness (QED) is 0.600. The van der Waals surface area contributed by atoms with Crippen molar-refractivity contribution in [1.29, 1.82) is 10.5 Å². The van der Waals surface area contributed by atoms with Crippen LogP contribution in [0.4, 0.5) is 0 Å². The maximum Gasteiger partial charge on any atom is 0.213 e. The second kappa shape index (κ2) is 9.43. The zero-order valence-corrected chi connectivity index (χ0v) is 17.5. The van der Waals surface area contributed by atoms with E-state index < -0.39 is 0 Å². The number of benzene rings is 2. The molecule has 0 bridgehead atoms. The van der Waals surface area contributed by atoms with Crippen LogP contribution in [0, 0.1) is 28.6 Å². The Kier molecular flexibility index (Phi) is 6.26. The fourth-order valence-corrected chi connectivity index (χ4v) is 4.31. The Morgan fingerprint density at radius 1 is 0.968 bits per heavy atom. The Morgan fingerprint density at radius 2 is 1.68 bits per heavy atom. The third-order valence-corrected chi connectivity index (χ3v) is 5.93. The number of ether oxygens (including phenoxy) is 1. The SMILES string of the molecule is CC(Oc1ccc(C#N)cn1)C1CN(Cc2ccccc2)CC1c1ccc(C#N)cc1. The van der Waals surface area contributed by atoms with E-state index in [2.05, 4.69) is 65.3 Å². The average molecular weight is 409 g/mol. The minimum atomic E-state index is -0.0538. The van der Waals surface area contributed by atoms with E-state index in [1.807, 2.05) is 18.2 Å². The van der Waals surface area contributed by atoms with Gasteiger partial charge in [-0.15, -0.1) is 0 Å². The molecular formula is C26H24N4O. The molecule has 0 radical (unpaired) electrons. The van der Waals surface area contributed by atoms with Crippen LogP contribution in [0.25, 0.3) is 0 Å². The van der Waals surface area contributed by atoms with Gasteiger partial charge in [0.05, 0.1) is 17.2 Å². The van der Waals surface area contributed by atoms with Crippen LogP contribution >= 0.6 is 0 Å². The van der Waals surface area contributed by atoms with Crippen molar-refractivity contribution in [1.82, 2.24) is 9.88 Å². The Morgan fingerprint density at radius 3 is 2.32 bits per heavy atom. The molecule has 4 rings (SSSR count). The molecule has 3 unspecified atom stereocenters. The van der Waals surface area contributed by atoms with Crippen LogP contribution < -0.4 is 4.74 Å². The second-order valence-electron chi connectivity index (χ2n) is 8.00. The van der Waals surface area contributed by atoms with Crippen LogP contribution in [0.3, 0.4) is 0 Å². The third-order valence-electron chi connectivity index (χ3n) is 5.93. The Balaban J connectivity index is 1.54. The normalized spacial score (nSPS) is 19.3. The van der Waals surface area contributed by atoms with Crippen molar-refractivity contribution >= 4 is 0 Å². The summed E-state index contributed by atoms with van der Waals surface area (Å²) in [4.78, 5) is 6.74. The Labute approximate surface area is 183 Å². The van der Waals surface area contributed by atoms with Gasteiger partial charge in [0, 0.05) is 43.7 Å². The Hall–Kier alpha value is -3.67. The summed E-state index contributed by atoms with van der Waals surface area (Å²) in [6.07, 6.45) is 1.48. The fourth-order valence-electron chi connectivity index (χ4n) is 4.31. The highest BCUT2D eigenvalue weighted by molar-refractivity contribution is 5.34. The summed E-state index contributed by atoms with van der Waals surface area (Å²) in [5.74, 6) is 1.10. The van der Waals surface area contributed by atoms with E-state index in [1.54, 1.807) is 12.1 Å². The maximum atomic E-state index is 9.14. The molecule has 154 valence electrons. The zero-order chi connectivity index (χ0) is 21.6. The molecule has 1 fully saturated rings. The van der Waals surface area contributed by atoms with Crippen LogP contribution in [-0.4, -0.2) is 29.1 Å². The summed E-state index contributed by atoms with van der Waals surface area (Å²) >= 11 is 0. The minimum absolute atomic E-state index is 0.0538. The van der Waals surface area contributed by atoms with Crippen molar-refractivity contribution in [3.05, 3.63) is 95.2 Å². The van der Waals surface area contributed by atoms with Crippen LogP contribution in [0.5, 0.6) is 5.88 Å². The fraction of sp³-hybridized carbons (Fsp3) is 0.269. The first-order chi connectivity index (χ1) is 15.2. The molecule has 0 amide bonds. The van der Waals surface area contributed by atoms with Crippen molar-refractivity contribution < 1.29 is 4.74 Å². The largest absolute Gasteiger partial charge is 0.474 e. The topological polar surface area (TPSA) is 72.9 Å². The molecule has 1 saturated heterocycles. The van der Waals surface area contributed by atoms with Crippen molar-refractivity contribution in [3.63, 3.8) is 0 Å². The van der Waals surface area contributed by atoms with Crippen molar-refractivity contribution in [2.24, 2.45) is 5.92 Å². The summed E-state index contributed by atoms with van der Waals surface area (Å²) < 4.78 is 6.19. The zero-order valence-electron chi connectivity index (χ0n) is 17.5. The molecule has 5 heteroatoms. The van der Waals surface area contributed by atoms with Crippen LogP contribution in [0.1, 0.15) is 35.1 Å². The summed E-state index contributed by atoms with van der Waals surface area (Å²) in [6.45, 7) is 4.83. The Bertz CT molecular complexity index is 1080. The van der Waals surface area contributed by atoms with Gasteiger partial charge in [0.1, 0.15) is 12.2 Å². The van der Waals surface area contributed by atoms with Crippen molar-refractivity contribution in [3.8, 4) is 18.0 Å². The summed E-state index contributed by atoms with van der Waals surface area (Å²) in [7, 11) is 0. The van der Waals surface area contributed by atoms with Crippen LogP contribution in [-0.2, 0) is 6.54 Å². The molecule has 1 aliphatic rings. The number of hydrogen-bond donors (Lipinski definition) is 0. The van der Waals surface area contributed by atoms with Crippen LogP contribution in [0.2, 0.25) is 0 Å². The molecule has 0 N–H and O–H groups in total. The number of nitriles is 2. The molecule has 0 spiro atoms. The molecule has 1 aliphatic heterocycles. The van der Waals surface area contributed by atoms with Gasteiger partial charge >= 0.3 is 0 Å². The van der Waals surface area contributed by atoms with E-state index >= 15 is 0 Å². The molecule has 0 saturated carbocycles. The maximum absolute atomic E-state index is 9.14. The molecule has 5 nitrogen and oxygen atoms in total. The van der Waals surface area contributed by atoms with Crippen molar-refractivity contribution in [2.45, 2.75) is 25.5 Å². The third kappa shape index (κ3) is 4.91. The van der Waals surface area contributed by atoms with Gasteiger partial charge in [0.25, 0.3) is 0 Å². The lowest BCUT2D eigenvalue weighted by molar-refractivity contribution is 0.138. The second-order valence-corrected chi connectivity index (χ2v) is 8.00. The van der Waals surface area contributed by atoms with E-state index in [-0.39, 0.29) is 12.0 Å². The number of pyridine rings is 1. The van der Waals surface area contributed by atoms with Gasteiger partial charge in [0.2, 0.25) is 5.88 Å². The molecule has 0 aliphatic carbocycles. The lowest BCUT2D eigenvalue weighted by Crippen LogP contribution is -2.30. The van der Waals surface area contributed by atoms with E-state index in [4.69, 9.17) is 15.3 Å². The first kappa shape index (κ1) is 20.6. The van der Waals surface area contributed by atoms with Gasteiger partial charge in [-0.2, -0.15) is 10.5 Å². The lowest BCUT2D eigenvalue weighted by atomic mass is 9.85. The predicted molar refractivity (Wildman–Crippen MR) is 118 cm³/mol. The van der Waals surface area contributed by atoms with Gasteiger partial charge < -0.3 is 4.74 Å². The molecule has 3 aromatic rings. The highest BCUT2D eigenvalue weighted by Gasteiger charge is 2.38. The first-order valence-electron chi connectivity index (χ1n) is 10.5. The van der Waals surface area contributed by atoms with E-state index in [9.17, 15) is 0 Å². The molecule has 1 aromatic heterocycles. The number of aromatic nitrogens is 1. The summed E-state index contributed by atoms with van der Waals surface area (Å²) in [5.41, 5.74) is 3.71. The predicted octanol–water partition coefficient (Wildman–Crippen LogP) is 4.51. The van der Waals surface area contributed by atoms with Gasteiger partial charge in [-0.1, -0.05) is 42.5 Å². The molecule has 2 heterocycles. The standard InChI is InChI=1S/C26H24N4O/c1-19(31-26-12-9-22(14-28)15-29-26)24-17-30(16-21-5-3-2-4-6-21)18-25(24)23-10-7-20(13-27)8-11-23/h2-12,15,19,24-25H,16-18H2,1H3. The van der Waals surface area contributed by atoms with Gasteiger partial charge in [-0.3, -0.25) is 4.90 Å². The number of hydrogen-bond acceptors (Lipinski definition) is 5. The first-order valence-corrected chi connectivity index (χ1v) is 10.5. The molecular weight excluding hydrogens is 384 g/mol.